The van der Waals surface area contributed by atoms with Crippen LogP contribution in [0.4, 0.5) is 5.69 Å². The molecule has 2 heterocycles. The molecule has 0 unspecified atom stereocenters. The number of thiophene rings is 1. The van der Waals surface area contributed by atoms with Crippen molar-refractivity contribution in [3.8, 4) is 11.5 Å². The predicted molar refractivity (Wildman–Crippen MR) is 86.4 cm³/mol. The molecule has 3 rings (SSSR count). The molecule has 0 aliphatic carbocycles. The molecule has 1 atom stereocenters. The zero-order chi connectivity index (χ0) is 15.5. The largest absolute Gasteiger partial charge is 0.454 e. The SMILES string of the molecule is C[C@H](C(=O)Nc1ccc2c(c1)OCO2)N(C)Cc1cccs1. The number of hydrogen-bond acceptors (Lipinski definition) is 5. The number of likely N-dealkylation sites (N-methyl/N-ethyl adjacent to an activating group) is 1. The van der Waals surface area contributed by atoms with Crippen molar-refractivity contribution in [3.63, 3.8) is 0 Å². The highest BCUT2D eigenvalue weighted by Crippen LogP contribution is 2.34. The third-order valence-electron chi connectivity index (χ3n) is 3.67. The number of nitrogens with one attached hydrogen (secondary N) is 1. The van der Waals surface area contributed by atoms with Gasteiger partial charge in [0.25, 0.3) is 0 Å². The van der Waals surface area contributed by atoms with Crippen LogP contribution in [0, 0.1) is 0 Å². The third-order valence-corrected chi connectivity index (χ3v) is 4.53. The topological polar surface area (TPSA) is 50.8 Å². The summed E-state index contributed by atoms with van der Waals surface area (Å²) >= 11 is 1.69. The van der Waals surface area contributed by atoms with E-state index in [1.54, 1.807) is 23.5 Å². The molecule has 6 heteroatoms. The maximum atomic E-state index is 12.4. The smallest absolute Gasteiger partial charge is 0.241 e. The van der Waals surface area contributed by atoms with Crippen LogP contribution in [0.3, 0.4) is 0 Å². The second-order valence-electron chi connectivity index (χ2n) is 5.23. The first-order valence-corrected chi connectivity index (χ1v) is 7.94. The number of carbonyl (C=O) groups excluding carboxylic acids is 1. The van der Waals surface area contributed by atoms with Gasteiger partial charge in [0.2, 0.25) is 12.7 Å². The van der Waals surface area contributed by atoms with Gasteiger partial charge in [-0.2, -0.15) is 0 Å². The van der Waals surface area contributed by atoms with Crippen LogP contribution < -0.4 is 14.8 Å². The lowest BCUT2D eigenvalue weighted by molar-refractivity contribution is -0.120. The molecule has 0 fully saturated rings. The molecule has 1 aromatic carbocycles. The van der Waals surface area contributed by atoms with E-state index in [0.717, 1.165) is 6.54 Å². The van der Waals surface area contributed by atoms with E-state index in [2.05, 4.69) is 11.4 Å². The Hall–Kier alpha value is -2.05. The molecule has 2 aromatic rings. The molecule has 0 bridgehead atoms. The van der Waals surface area contributed by atoms with Crippen molar-refractivity contribution in [1.82, 2.24) is 4.90 Å². The molecule has 1 aliphatic heterocycles. The number of hydrogen-bond donors (Lipinski definition) is 1. The van der Waals surface area contributed by atoms with Gasteiger partial charge < -0.3 is 14.8 Å². The molecule has 5 nitrogen and oxygen atoms in total. The van der Waals surface area contributed by atoms with Crippen LogP contribution in [0.1, 0.15) is 11.8 Å². The highest BCUT2D eigenvalue weighted by molar-refractivity contribution is 7.09. The van der Waals surface area contributed by atoms with Crippen molar-refractivity contribution in [2.75, 3.05) is 19.2 Å². The van der Waals surface area contributed by atoms with Gasteiger partial charge in [0.05, 0.1) is 6.04 Å². The van der Waals surface area contributed by atoms with E-state index < -0.39 is 0 Å². The number of anilines is 1. The van der Waals surface area contributed by atoms with Crippen LogP contribution in [0.25, 0.3) is 0 Å². The zero-order valence-corrected chi connectivity index (χ0v) is 13.4. The molecule has 1 N–H and O–H groups in total. The van der Waals surface area contributed by atoms with Crippen LogP contribution in [-0.2, 0) is 11.3 Å². The highest BCUT2D eigenvalue weighted by Gasteiger charge is 2.20. The molecule has 0 spiro atoms. The third kappa shape index (κ3) is 3.23. The Labute approximate surface area is 133 Å². The second kappa shape index (κ2) is 6.37. The van der Waals surface area contributed by atoms with Crippen LogP contribution in [0.2, 0.25) is 0 Å². The lowest BCUT2D eigenvalue weighted by Gasteiger charge is -2.23. The standard InChI is InChI=1S/C16H18N2O3S/c1-11(18(2)9-13-4-3-7-22-13)16(19)17-12-5-6-14-15(8-12)21-10-20-14/h3-8,11H,9-10H2,1-2H3,(H,17,19)/t11-/m1/s1. The average molecular weight is 318 g/mol. The van der Waals surface area contributed by atoms with E-state index in [0.29, 0.717) is 17.2 Å². The minimum atomic E-state index is -0.229. The van der Waals surface area contributed by atoms with Gasteiger partial charge in [-0.25, -0.2) is 0 Å². The molecular weight excluding hydrogens is 300 g/mol. The van der Waals surface area contributed by atoms with Gasteiger partial charge in [0.1, 0.15) is 0 Å². The van der Waals surface area contributed by atoms with Gasteiger partial charge >= 0.3 is 0 Å². The summed E-state index contributed by atoms with van der Waals surface area (Å²) in [5.74, 6) is 1.33. The number of fused-ring (bicyclic) bond motifs is 1. The molecule has 1 aliphatic rings. The summed E-state index contributed by atoms with van der Waals surface area (Å²) in [6.07, 6.45) is 0. The van der Waals surface area contributed by atoms with E-state index in [4.69, 9.17) is 9.47 Å². The Balaban J connectivity index is 1.61. The van der Waals surface area contributed by atoms with Crippen molar-refractivity contribution < 1.29 is 14.3 Å². The second-order valence-corrected chi connectivity index (χ2v) is 6.26. The lowest BCUT2D eigenvalue weighted by Crippen LogP contribution is -2.39. The van der Waals surface area contributed by atoms with E-state index in [1.807, 2.05) is 36.4 Å². The summed E-state index contributed by atoms with van der Waals surface area (Å²) in [6, 6.07) is 9.27. The molecule has 22 heavy (non-hydrogen) atoms. The van der Waals surface area contributed by atoms with Crippen LogP contribution in [0.5, 0.6) is 11.5 Å². The van der Waals surface area contributed by atoms with E-state index in [-0.39, 0.29) is 18.7 Å². The van der Waals surface area contributed by atoms with Gasteiger partial charge in [-0.1, -0.05) is 6.07 Å². The number of rotatable bonds is 5. The van der Waals surface area contributed by atoms with E-state index in [1.165, 1.54) is 4.88 Å². The average Bonchev–Trinajstić information content (AvgIpc) is 3.16. The van der Waals surface area contributed by atoms with Gasteiger partial charge in [0.15, 0.2) is 11.5 Å². The van der Waals surface area contributed by atoms with Gasteiger partial charge in [0, 0.05) is 23.2 Å². The van der Waals surface area contributed by atoms with Crippen LogP contribution >= 0.6 is 11.3 Å². The molecule has 0 radical (unpaired) electrons. The molecule has 116 valence electrons. The van der Waals surface area contributed by atoms with Gasteiger partial charge in [-0.05, 0) is 37.6 Å². The summed E-state index contributed by atoms with van der Waals surface area (Å²) < 4.78 is 10.6. The van der Waals surface area contributed by atoms with Crippen molar-refractivity contribution in [2.24, 2.45) is 0 Å². The molecule has 1 aromatic heterocycles. The fourth-order valence-corrected chi connectivity index (χ4v) is 2.97. The van der Waals surface area contributed by atoms with E-state index >= 15 is 0 Å². The normalized spacial score (nSPS) is 14.1. The Morgan fingerprint density at radius 2 is 2.18 bits per heavy atom. The summed E-state index contributed by atoms with van der Waals surface area (Å²) in [4.78, 5) is 15.6. The molecular formula is C16H18N2O3S. The van der Waals surface area contributed by atoms with Gasteiger partial charge in [-0.3, -0.25) is 9.69 Å². The lowest BCUT2D eigenvalue weighted by atomic mass is 10.2. The summed E-state index contributed by atoms with van der Waals surface area (Å²) in [7, 11) is 1.95. The maximum Gasteiger partial charge on any atom is 0.241 e. The minimum Gasteiger partial charge on any atom is -0.454 e. The quantitative estimate of drug-likeness (QED) is 0.921. The first-order chi connectivity index (χ1) is 10.6. The van der Waals surface area contributed by atoms with E-state index in [9.17, 15) is 4.79 Å². The maximum absolute atomic E-state index is 12.4. The number of ether oxygens (including phenoxy) is 2. The van der Waals surface area contributed by atoms with Gasteiger partial charge in [-0.15, -0.1) is 11.3 Å². The number of carbonyl (C=O) groups is 1. The minimum absolute atomic E-state index is 0.0436. The number of amides is 1. The summed E-state index contributed by atoms with van der Waals surface area (Å²) in [6.45, 7) is 2.88. The molecule has 0 saturated heterocycles. The fourth-order valence-electron chi connectivity index (χ4n) is 2.21. The van der Waals surface area contributed by atoms with Crippen molar-refractivity contribution in [2.45, 2.75) is 19.5 Å². The predicted octanol–water partition coefficient (Wildman–Crippen LogP) is 2.94. The Bertz CT molecular complexity index is 657. The van der Waals surface area contributed by atoms with Crippen molar-refractivity contribution >= 4 is 22.9 Å². The Kier molecular flexibility index (Phi) is 4.31. The van der Waals surface area contributed by atoms with Crippen molar-refractivity contribution in [3.05, 3.63) is 40.6 Å². The van der Waals surface area contributed by atoms with Crippen LogP contribution in [-0.4, -0.2) is 30.7 Å². The first kappa shape index (κ1) is 14.9. The zero-order valence-electron chi connectivity index (χ0n) is 12.5. The molecule has 1 amide bonds. The summed E-state index contributed by atoms with van der Waals surface area (Å²) in [5, 5.41) is 4.96. The highest BCUT2D eigenvalue weighted by atomic mass is 32.1. The summed E-state index contributed by atoms with van der Waals surface area (Å²) in [5.41, 5.74) is 0.714. The Morgan fingerprint density at radius 3 is 2.95 bits per heavy atom. The number of nitrogens with zero attached hydrogens (tertiary/aromatic N) is 1. The fraction of sp³-hybridized carbons (Fsp3) is 0.312. The Morgan fingerprint density at radius 1 is 1.36 bits per heavy atom. The first-order valence-electron chi connectivity index (χ1n) is 7.06. The van der Waals surface area contributed by atoms with Crippen molar-refractivity contribution in [1.29, 1.82) is 0 Å². The monoisotopic (exact) mass is 318 g/mol. The number of benzene rings is 1. The van der Waals surface area contributed by atoms with Crippen LogP contribution in [0.15, 0.2) is 35.7 Å². The molecule has 0 saturated carbocycles.